The second-order valence-electron chi connectivity index (χ2n) is 3.15. The Labute approximate surface area is 78.8 Å². The van der Waals surface area contributed by atoms with Gasteiger partial charge in [-0.1, -0.05) is 25.5 Å². The number of Topliss-reactive ketones (excluding diaryl/α,β-unsaturated/α-hetero) is 1. The molecule has 0 spiro atoms. The van der Waals surface area contributed by atoms with Gasteiger partial charge < -0.3 is 5.73 Å². The number of rotatable bonds is 4. The minimum atomic E-state index is 0.189. The van der Waals surface area contributed by atoms with Crippen LogP contribution in [-0.4, -0.2) is 5.78 Å². The smallest absolute Gasteiger partial charge is 0.162 e. The molecule has 2 N–H and O–H groups in total. The topological polar surface area (TPSA) is 43.1 Å². The third kappa shape index (κ3) is 2.90. The maximum atomic E-state index is 11.5. The van der Waals surface area contributed by atoms with Crippen LogP contribution >= 0.6 is 0 Å². The third-order valence-corrected chi connectivity index (χ3v) is 1.97. The highest BCUT2D eigenvalue weighted by Gasteiger charge is 2.04. The normalized spacial score (nSPS) is 9.92. The SMILES string of the molecule is CCCCC(=O)c1cccc(N)c1. The predicted octanol–water partition coefficient (Wildman–Crippen LogP) is 2.64. The molecule has 13 heavy (non-hydrogen) atoms. The maximum Gasteiger partial charge on any atom is 0.162 e. The van der Waals surface area contributed by atoms with Crippen LogP contribution in [0.4, 0.5) is 5.69 Å². The van der Waals surface area contributed by atoms with E-state index in [0.717, 1.165) is 18.4 Å². The number of hydrogen-bond acceptors (Lipinski definition) is 2. The number of carbonyl (C=O) groups is 1. The van der Waals surface area contributed by atoms with Gasteiger partial charge in [0.25, 0.3) is 0 Å². The zero-order chi connectivity index (χ0) is 9.68. The van der Waals surface area contributed by atoms with Crippen molar-refractivity contribution in [2.24, 2.45) is 0 Å². The van der Waals surface area contributed by atoms with Crippen molar-refractivity contribution in [1.29, 1.82) is 0 Å². The molecule has 0 aromatic heterocycles. The Kier molecular flexibility index (Phi) is 3.50. The average Bonchev–Trinajstić information content (AvgIpc) is 2.14. The molecule has 1 aromatic carbocycles. The van der Waals surface area contributed by atoms with Gasteiger partial charge in [-0.2, -0.15) is 0 Å². The summed E-state index contributed by atoms with van der Waals surface area (Å²) in [7, 11) is 0. The fraction of sp³-hybridized carbons (Fsp3) is 0.364. The van der Waals surface area contributed by atoms with Crippen molar-refractivity contribution in [2.45, 2.75) is 26.2 Å². The van der Waals surface area contributed by atoms with Gasteiger partial charge in [-0.3, -0.25) is 4.79 Å². The molecular weight excluding hydrogens is 162 g/mol. The maximum absolute atomic E-state index is 11.5. The summed E-state index contributed by atoms with van der Waals surface area (Å²) in [4.78, 5) is 11.5. The fourth-order valence-electron chi connectivity index (χ4n) is 1.19. The van der Waals surface area contributed by atoms with Gasteiger partial charge in [0.05, 0.1) is 0 Å². The van der Waals surface area contributed by atoms with Crippen molar-refractivity contribution in [3.05, 3.63) is 29.8 Å². The van der Waals surface area contributed by atoms with Crippen LogP contribution in [0.25, 0.3) is 0 Å². The quantitative estimate of drug-likeness (QED) is 0.567. The summed E-state index contributed by atoms with van der Waals surface area (Å²) in [5, 5.41) is 0. The number of unbranched alkanes of at least 4 members (excludes halogenated alkanes) is 1. The number of benzene rings is 1. The van der Waals surface area contributed by atoms with E-state index in [1.165, 1.54) is 0 Å². The molecule has 2 nitrogen and oxygen atoms in total. The van der Waals surface area contributed by atoms with E-state index in [2.05, 4.69) is 6.92 Å². The zero-order valence-corrected chi connectivity index (χ0v) is 7.92. The summed E-state index contributed by atoms with van der Waals surface area (Å²) in [6.45, 7) is 2.08. The van der Waals surface area contributed by atoms with Crippen LogP contribution in [0, 0.1) is 0 Å². The van der Waals surface area contributed by atoms with Gasteiger partial charge in [0, 0.05) is 17.7 Å². The summed E-state index contributed by atoms with van der Waals surface area (Å²) < 4.78 is 0. The van der Waals surface area contributed by atoms with Gasteiger partial charge in [-0.15, -0.1) is 0 Å². The molecule has 0 radical (unpaired) electrons. The third-order valence-electron chi connectivity index (χ3n) is 1.97. The zero-order valence-electron chi connectivity index (χ0n) is 7.92. The highest BCUT2D eigenvalue weighted by molar-refractivity contribution is 5.96. The van der Waals surface area contributed by atoms with Crippen molar-refractivity contribution in [1.82, 2.24) is 0 Å². The lowest BCUT2D eigenvalue weighted by molar-refractivity contribution is 0.0980. The number of nitrogen functional groups attached to an aromatic ring is 1. The van der Waals surface area contributed by atoms with E-state index in [1.54, 1.807) is 12.1 Å². The van der Waals surface area contributed by atoms with E-state index in [0.29, 0.717) is 12.1 Å². The summed E-state index contributed by atoms with van der Waals surface area (Å²) in [5.74, 6) is 0.189. The number of hydrogen-bond donors (Lipinski definition) is 1. The largest absolute Gasteiger partial charge is 0.399 e. The first-order chi connectivity index (χ1) is 6.24. The molecular formula is C11H15NO. The first-order valence-corrected chi connectivity index (χ1v) is 4.62. The van der Waals surface area contributed by atoms with E-state index in [9.17, 15) is 4.79 Å². The Balaban J connectivity index is 2.66. The minimum absolute atomic E-state index is 0.189. The van der Waals surface area contributed by atoms with E-state index in [4.69, 9.17) is 5.73 Å². The number of anilines is 1. The molecule has 0 saturated carbocycles. The Morgan fingerprint density at radius 3 is 2.85 bits per heavy atom. The molecule has 0 atom stereocenters. The Bertz CT molecular complexity index is 294. The Hall–Kier alpha value is -1.31. The van der Waals surface area contributed by atoms with Crippen LogP contribution < -0.4 is 5.73 Å². The molecule has 0 fully saturated rings. The van der Waals surface area contributed by atoms with E-state index in [1.807, 2.05) is 12.1 Å². The van der Waals surface area contributed by atoms with Crippen LogP contribution in [0.2, 0.25) is 0 Å². The fourth-order valence-corrected chi connectivity index (χ4v) is 1.19. The van der Waals surface area contributed by atoms with Gasteiger partial charge in [-0.25, -0.2) is 0 Å². The lowest BCUT2D eigenvalue weighted by Gasteiger charge is -2.00. The highest BCUT2D eigenvalue weighted by Crippen LogP contribution is 2.10. The molecule has 0 heterocycles. The van der Waals surface area contributed by atoms with Crippen LogP contribution in [0.15, 0.2) is 24.3 Å². The molecule has 0 unspecified atom stereocenters. The predicted molar refractivity (Wildman–Crippen MR) is 54.7 cm³/mol. The highest BCUT2D eigenvalue weighted by atomic mass is 16.1. The van der Waals surface area contributed by atoms with E-state index >= 15 is 0 Å². The van der Waals surface area contributed by atoms with Crippen molar-refractivity contribution >= 4 is 11.5 Å². The van der Waals surface area contributed by atoms with Crippen LogP contribution in [0.1, 0.15) is 36.5 Å². The summed E-state index contributed by atoms with van der Waals surface area (Å²) in [6, 6.07) is 7.15. The average molecular weight is 177 g/mol. The first kappa shape index (κ1) is 9.78. The van der Waals surface area contributed by atoms with E-state index < -0.39 is 0 Å². The Morgan fingerprint density at radius 1 is 1.46 bits per heavy atom. The number of ketones is 1. The minimum Gasteiger partial charge on any atom is -0.399 e. The number of nitrogens with two attached hydrogens (primary N) is 1. The van der Waals surface area contributed by atoms with E-state index in [-0.39, 0.29) is 5.78 Å². The molecule has 0 aliphatic rings. The van der Waals surface area contributed by atoms with Gasteiger partial charge >= 0.3 is 0 Å². The van der Waals surface area contributed by atoms with Gasteiger partial charge in [-0.05, 0) is 18.6 Å². The lowest BCUT2D eigenvalue weighted by atomic mass is 10.1. The number of carbonyl (C=O) groups excluding carboxylic acids is 1. The molecule has 0 aliphatic carbocycles. The monoisotopic (exact) mass is 177 g/mol. The second kappa shape index (κ2) is 4.65. The summed E-state index contributed by atoms with van der Waals surface area (Å²) in [6.07, 6.45) is 2.63. The van der Waals surface area contributed by atoms with Crippen LogP contribution in [0.5, 0.6) is 0 Å². The standard InChI is InChI=1S/C11H15NO/c1-2-3-7-11(13)9-5-4-6-10(12)8-9/h4-6,8H,2-3,7,12H2,1H3. The van der Waals surface area contributed by atoms with Gasteiger partial charge in [0.1, 0.15) is 0 Å². The molecule has 0 saturated heterocycles. The molecule has 70 valence electrons. The molecule has 0 aliphatic heterocycles. The molecule has 1 aromatic rings. The first-order valence-electron chi connectivity index (χ1n) is 4.62. The molecule has 0 bridgehead atoms. The van der Waals surface area contributed by atoms with Gasteiger partial charge in [0.15, 0.2) is 5.78 Å². The van der Waals surface area contributed by atoms with Crippen LogP contribution in [0.3, 0.4) is 0 Å². The Morgan fingerprint density at radius 2 is 2.23 bits per heavy atom. The lowest BCUT2D eigenvalue weighted by Crippen LogP contribution is -1.99. The molecule has 1 rings (SSSR count). The molecule has 2 heteroatoms. The van der Waals surface area contributed by atoms with Crippen LogP contribution in [-0.2, 0) is 0 Å². The van der Waals surface area contributed by atoms with Crippen molar-refractivity contribution in [3.8, 4) is 0 Å². The summed E-state index contributed by atoms with van der Waals surface area (Å²) in [5.41, 5.74) is 6.96. The van der Waals surface area contributed by atoms with Crippen molar-refractivity contribution < 1.29 is 4.79 Å². The molecule has 0 amide bonds. The van der Waals surface area contributed by atoms with Crippen molar-refractivity contribution in [2.75, 3.05) is 5.73 Å². The van der Waals surface area contributed by atoms with Crippen molar-refractivity contribution in [3.63, 3.8) is 0 Å². The summed E-state index contributed by atoms with van der Waals surface area (Å²) >= 11 is 0. The van der Waals surface area contributed by atoms with Gasteiger partial charge in [0.2, 0.25) is 0 Å². The second-order valence-corrected chi connectivity index (χ2v) is 3.15.